The second-order valence-electron chi connectivity index (χ2n) is 8.51. The molecule has 0 spiro atoms. The minimum Gasteiger partial charge on any atom is -0.321 e. The Morgan fingerprint density at radius 3 is 1.07 bits per heavy atom. The van der Waals surface area contributed by atoms with Crippen LogP contribution in [0.25, 0.3) is 0 Å². The summed E-state index contributed by atoms with van der Waals surface area (Å²) in [7, 11) is 0. The monoisotopic (exact) mass is 734 g/mol. The Morgan fingerprint density at radius 1 is 0.558 bits per heavy atom. The summed E-state index contributed by atoms with van der Waals surface area (Å²) < 4.78 is 249. The molecule has 3 rings (SSSR count). The number of carbonyl (C=O) groups is 2. The topological polar surface area (TPSA) is 76.7 Å². The van der Waals surface area contributed by atoms with Gasteiger partial charge in [0.2, 0.25) is 0 Å². The Hall–Kier alpha value is -2.70. The predicted molar refractivity (Wildman–Crippen MR) is 101 cm³/mol. The maximum absolute atomic E-state index is 14.3. The fourth-order valence-corrected chi connectivity index (χ4v) is 3.84. The van der Waals surface area contributed by atoms with Gasteiger partial charge in [0.05, 0.1) is 0 Å². The van der Waals surface area contributed by atoms with E-state index >= 15 is 0 Å². The zero-order valence-corrected chi connectivity index (χ0v) is 20.6. The van der Waals surface area contributed by atoms with Crippen molar-refractivity contribution in [1.29, 1.82) is 0 Å². The molecule has 244 valence electrons. The van der Waals surface area contributed by atoms with Gasteiger partial charge in [-0.05, 0) is 18.2 Å². The Bertz CT molecular complexity index is 1260. The number of hydrogen-bond acceptors (Lipinski definition) is 4. The SMILES string of the molecule is O=C(Nc1cc(Br)cc(NC(=O)C(F)(F)C2(F)OC(F)(F)C(F)(F)C2(F)F)c1)C(F)(F)C1(F)OC(F)(F)C(F)(F)C1(F)F. The molecule has 1 aromatic rings. The molecule has 2 heterocycles. The van der Waals surface area contributed by atoms with Gasteiger partial charge in [0.25, 0.3) is 0 Å². The number of hydrogen-bond donors (Lipinski definition) is 2. The Morgan fingerprint density at radius 2 is 0.837 bits per heavy atom. The third kappa shape index (κ3) is 4.26. The van der Waals surface area contributed by atoms with Crippen molar-refractivity contribution in [1.82, 2.24) is 0 Å². The molecule has 1 aromatic carbocycles. The van der Waals surface area contributed by atoms with Crippen molar-refractivity contribution in [3.63, 3.8) is 0 Å². The number of benzene rings is 1. The van der Waals surface area contributed by atoms with E-state index < -0.39 is 87.1 Å². The standard InChI is InChI=1S/C18H5BrF18N2O4/c19-4-1-5(38-7(40)9(20,21)15(32)11(24,25)13(28,29)17(34,35)42-15)3-6(2-4)39-8(41)10(22,23)16(33)12(26,27)14(30,31)18(36,37)43-16/h1-3H,(H,38,40)(H,39,41). The van der Waals surface area contributed by atoms with Crippen LogP contribution in [0.4, 0.5) is 90.4 Å². The molecule has 25 heteroatoms. The number of ether oxygens (including phenoxy) is 2. The Kier molecular flexibility index (Phi) is 7.42. The van der Waals surface area contributed by atoms with E-state index in [1.54, 1.807) is 0 Å². The third-order valence-electron chi connectivity index (χ3n) is 5.66. The van der Waals surface area contributed by atoms with Gasteiger partial charge >= 0.3 is 71.3 Å². The summed E-state index contributed by atoms with van der Waals surface area (Å²) in [5.74, 6) is -61.9. The summed E-state index contributed by atoms with van der Waals surface area (Å²) in [4.78, 5) is 23.7. The minimum atomic E-state index is -7.10. The second-order valence-corrected chi connectivity index (χ2v) is 9.43. The number of alkyl halides is 18. The summed E-state index contributed by atoms with van der Waals surface area (Å²) in [6.07, 6.45) is -13.2. The van der Waals surface area contributed by atoms with Crippen molar-refractivity contribution >= 4 is 39.1 Å². The van der Waals surface area contributed by atoms with Crippen LogP contribution in [0.2, 0.25) is 0 Å². The summed E-state index contributed by atoms with van der Waals surface area (Å²) in [6.45, 7) is 0. The van der Waals surface area contributed by atoms with Crippen LogP contribution in [0.3, 0.4) is 0 Å². The molecule has 2 atom stereocenters. The van der Waals surface area contributed by atoms with E-state index in [9.17, 15) is 88.6 Å². The average Bonchev–Trinajstić information content (AvgIpc) is 2.98. The van der Waals surface area contributed by atoms with E-state index in [2.05, 4.69) is 25.4 Å². The maximum Gasteiger partial charge on any atom is 0.428 e. The lowest BCUT2D eigenvalue weighted by molar-refractivity contribution is -0.366. The van der Waals surface area contributed by atoms with Crippen LogP contribution in [-0.4, -0.2) is 71.3 Å². The number of amides is 2. The van der Waals surface area contributed by atoms with Crippen molar-refractivity contribution in [2.24, 2.45) is 0 Å². The highest BCUT2D eigenvalue weighted by atomic mass is 79.9. The first-order chi connectivity index (χ1) is 18.8. The van der Waals surface area contributed by atoms with Crippen LogP contribution in [0.15, 0.2) is 22.7 Å². The normalized spacial score (nSPS) is 30.1. The molecule has 0 aliphatic carbocycles. The van der Waals surface area contributed by atoms with Gasteiger partial charge in [0, 0.05) is 15.8 Å². The van der Waals surface area contributed by atoms with Crippen molar-refractivity contribution in [3.8, 4) is 0 Å². The van der Waals surface area contributed by atoms with Crippen LogP contribution in [0.5, 0.6) is 0 Å². The lowest BCUT2D eigenvalue weighted by Crippen LogP contribution is -2.63. The number of halogens is 19. The molecular formula is C18H5BrF18N2O4. The molecule has 2 amide bonds. The molecule has 0 aromatic heterocycles. The fourth-order valence-electron chi connectivity index (χ4n) is 3.35. The quantitative estimate of drug-likeness (QED) is 0.319. The van der Waals surface area contributed by atoms with E-state index in [1.807, 2.05) is 0 Å². The molecule has 0 radical (unpaired) electrons. The molecule has 0 bridgehead atoms. The van der Waals surface area contributed by atoms with Gasteiger partial charge in [-0.1, -0.05) is 15.9 Å². The molecular weight excluding hydrogens is 730 g/mol. The minimum absolute atomic E-state index is 0.0732. The van der Waals surface area contributed by atoms with Crippen molar-refractivity contribution < 1.29 is 98.1 Å². The highest BCUT2D eigenvalue weighted by molar-refractivity contribution is 9.10. The third-order valence-corrected chi connectivity index (χ3v) is 6.11. The molecule has 2 saturated heterocycles. The average molecular weight is 735 g/mol. The first-order valence-electron chi connectivity index (χ1n) is 10.0. The van der Waals surface area contributed by atoms with Gasteiger partial charge in [0.1, 0.15) is 0 Å². The summed E-state index contributed by atoms with van der Waals surface area (Å²) in [5, 5.41) is 1.50. The first kappa shape index (κ1) is 34.8. The molecule has 43 heavy (non-hydrogen) atoms. The van der Waals surface area contributed by atoms with Gasteiger partial charge in [-0.2, -0.15) is 79.0 Å². The van der Waals surface area contributed by atoms with E-state index in [1.165, 1.54) is 0 Å². The largest absolute Gasteiger partial charge is 0.428 e. The molecule has 2 fully saturated rings. The summed E-state index contributed by atoms with van der Waals surface area (Å²) in [6, 6.07) is 0.585. The number of nitrogens with one attached hydrogen (secondary N) is 2. The molecule has 6 nitrogen and oxygen atoms in total. The van der Waals surface area contributed by atoms with Crippen LogP contribution < -0.4 is 10.6 Å². The Labute approximate surface area is 230 Å². The number of carbonyl (C=O) groups excluding carboxylic acids is 2. The van der Waals surface area contributed by atoms with Crippen LogP contribution in [-0.2, 0) is 19.1 Å². The molecule has 2 unspecified atom stereocenters. The molecule has 2 aliphatic heterocycles. The van der Waals surface area contributed by atoms with E-state index in [0.29, 0.717) is 12.1 Å². The molecule has 2 N–H and O–H groups in total. The first-order valence-corrected chi connectivity index (χ1v) is 10.8. The van der Waals surface area contributed by atoms with E-state index in [-0.39, 0.29) is 6.07 Å². The predicted octanol–water partition coefficient (Wildman–Crippen LogP) is 6.72. The van der Waals surface area contributed by atoms with Crippen LogP contribution >= 0.6 is 15.9 Å². The lowest BCUT2D eigenvalue weighted by Gasteiger charge is -2.32. The zero-order valence-electron chi connectivity index (χ0n) is 19.0. The fraction of sp³-hybridized carbons (Fsp3) is 0.556. The van der Waals surface area contributed by atoms with Crippen LogP contribution in [0, 0.1) is 0 Å². The smallest absolute Gasteiger partial charge is 0.321 e. The summed E-state index contributed by atoms with van der Waals surface area (Å²) >= 11 is 2.43. The number of anilines is 2. The van der Waals surface area contributed by atoms with Gasteiger partial charge < -0.3 is 10.6 Å². The molecule has 2 aliphatic rings. The molecule has 0 saturated carbocycles. The van der Waals surface area contributed by atoms with Crippen LogP contribution in [0.1, 0.15) is 0 Å². The second kappa shape index (κ2) is 9.17. The van der Waals surface area contributed by atoms with Gasteiger partial charge in [0.15, 0.2) is 0 Å². The lowest BCUT2D eigenvalue weighted by atomic mass is 9.99. The van der Waals surface area contributed by atoms with Crippen molar-refractivity contribution in [3.05, 3.63) is 22.7 Å². The van der Waals surface area contributed by atoms with Crippen molar-refractivity contribution in [2.75, 3.05) is 10.6 Å². The maximum atomic E-state index is 14.3. The van der Waals surface area contributed by atoms with Gasteiger partial charge in [-0.15, -0.1) is 0 Å². The van der Waals surface area contributed by atoms with Gasteiger partial charge in [-0.25, -0.2) is 0 Å². The number of rotatable bonds is 6. The Balaban J connectivity index is 1.91. The van der Waals surface area contributed by atoms with E-state index in [0.717, 1.165) is 10.6 Å². The summed E-state index contributed by atoms with van der Waals surface area (Å²) in [5.41, 5.74) is -2.81. The zero-order chi connectivity index (χ0) is 33.8. The highest BCUT2D eigenvalue weighted by Crippen LogP contribution is 2.66. The van der Waals surface area contributed by atoms with Gasteiger partial charge in [-0.3, -0.25) is 19.1 Å². The van der Waals surface area contributed by atoms with Crippen molar-refractivity contribution in [2.45, 2.75) is 59.5 Å². The highest BCUT2D eigenvalue weighted by Gasteiger charge is 2.97. The van der Waals surface area contributed by atoms with E-state index in [4.69, 9.17) is 0 Å².